The van der Waals surface area contributed by atoms with Gasteiger partial charge in [0.25, 0.3) is 0 Å². The molecule has 3 nitrogen and oxygen atoms in total. The Bertz CT molecular complexity index is 226. The summed E-state index contributed by atoms with van der Waals surface area (Å²) in [4.78, 5) is 4.04. The highest BCUT2D eigenvalue weighted by Crippen LogP contribution is 2.12. The van der Waals surface area contributed by atoms with Crippen molar-refractivity contribution in [3.8, 4) is 0 Å². The van der Waals surface area contributed by atoms with E-state index in [9.17, 15) is 0 Å². The Morgan fingerprint density at radius 1 is 1.58 bits per heavy atom. The summed E-state index contributed by atoms with van der Waals surface area (Å²) in [6.45, 7) is 1.65. The maximum atomic E-state index is 8.88. The second-order valence-corrected chi connectivity index (χ2v) is 2.79. The zero-order valence-corrected chi connectivity index (χ0v) is 7.71. The van der Waals surface area contributed by atoms with Crippen LogP contribution >= 0.6 is 12.4 Å². The van der Waals surface area contributed by atoms with E-state index in [1.807, 2.05) is 12.1 Å². The number of nitrogens with two attached hydrogens (primary N) is 1. The molecule has 3 N–H and O–H groups in total. The Hall–Kier alpha value is -0.640. The molecule has 1 aromatic heterocycles. The van der Waals surface area contributed by atoms with Crippen LogP contribution in [0.4, 0.5) is 0 Å². The van der Waals surface area contributed by atoms with Crippen molar-refractivity contribution in [1.82, 2.24) is 4.98 Å². The molecule has 0 fully saturated rings. The Morgan fingerprint density at radius 2 is 2.25 bits per heavy atom. The second kappa shape index (κ2) is 4.40. The van der Waals surface area contributed by atoms with Gasteiger partial charge in [-0.15, -0.1) is 12.4 Å². The fraction of sp³-hybridized carbons (Fsp3) is 0.375. The summed E-state index contributed by atoms with van der Waals surface area (Å²) in [6, 6.07) is 5.47. The molecule has 1 atom stereocenters. The van der Waals surface area contributed by atoms with Crippen molar-refractivity contribution in [2.45, 2.75) is 12.5 Å². The van der Waals surface area contributed by atoms with E-state index >= 15 is 0 Å². The first kappa shape index (κ1) is 11.4. The summed E-state index contributed by atoms with van der Waals surface area (Å²) in [7, 11) is 0. The van der Waals surface area contributed by atoms with Crippen LogP contribution in [0.3, 0.4) is 0 Å². The summed E-state index contributed by atoms with van der Waals surface area (Å²) < 4.78 is 0. The normalized spacial score (nSPS) is 14.6. The van der Waals surface area contributed by atoms with Crippen LogP contribution in [0, 0.1) is 0 Å². The molecule has 0 spiro atoms. The average molecular weight is 189 g/mol. The van der Waals surface area contributed by atoms with Gasteiger partial charge >= 0.3 is 0 Å². The maximum Gasteiger partial charge on any atom is 0.0789 e. The fourth-order valence-electron chi connectivity index (χ4n) is 0.782. The van der Waals surface area contributed by atoms with Gasteiger partial charge in [0.2, 0.25) is 0 Å². The van der Waals surface area contributed by atoms with Crippen LogP contribution in [-0.4, -0.2) is 16.7 Å². The van der Waals surface area contributed by atoms with Crippen molar-refractivity contribution in [2.75, 3.05) is 6.61 Å². The van der Waals surface area contributed by atoms with E-state index in [4.69, 9.17) is 10.8 Å². The van der Waals surface area contributed by atoms with Gasteiger partial charge in [0, 0.05) is 6.20 Å². The molecule has 1 aromatic rings. The van der Waals surface area contributed by atoms with Crippen LogP contribution < -0.4 is 5.73 Å². The van der Waals surface area contributed by atoms with Crippen molar-refractivity contribution >= 4 is 12.4 Å². The molecule has 1 heterocycles. The Labute approximate surface area is 78.0 Å². The Kier molecular flexibility index (Phi) is 4.17. The molecule has 0 aliphatic carbocycles. The number of halogens is 1. The number of hydrogen-bond acceptors (Lipinski definition) is 3. The van der Waals surface area contributed by atoms with Gasteiger partial charge in [-0.05, 0) is 19.1 Å². The predicted molar refractivity (Wildman–Crippen MR) is 50.1 cm³/mol. The molecule has 1 rings (SSSR count). The molecular formula is C8H13ClN2O. The van der Waals surface area contributed by atoms with E-state index in [1.165, 1.54) is 0 Å². The molecule has 12 heavy (non-hydrogen) atoms. The highest BCUT2D eigenvalue weighted by atomic mass is 35.5. The lowest BCUT2D eigenvalue weighted by Crippen LogP contribution is -2.37. The molecule has 0 saturated carbocycles. The van der Waals surface area contributed by atoms with Crippen LogP contribution in [0.15, 0.2) is 24.4 Å². The third-order valence-corrected chi connectivity index (χ3v) is 1.58. The number of aliphatic hydroxyl groups excluding tert-OH is 1. The first-order valence-corrected chi connectivity index (χ1v) is 3.48. The zero-order chi connectivity index (χ0) is 8.32. The van der Waals surface area contributed by atoms with Crippen LogP contribution in [0.5, 0.6) is 0 Å². The van der Waals surface area contributed by atoms with E-state index in [2.05, 4.69) is 4.98 Å². The number of nitrogens with zero attached hydrogens (tertiary/aromatic N) is 1. The lowest BCUT2D eigenvalue weighted by Gasteiger charge is -2.20. The van der Waals surface area contributed by atoms with Gasteiger partial charge in [0.1, 0.15) is 0 Å². The van der Waals surface area contributed by atoms with Crippen molar-refractivity contribution < 1.29 is 5.11 Å². The van der Waals surface area contributed by atoms with Crippen LogP contribution in [0.25, 0.3) is 0 Å². The highest BCUT2D eigenvalue weighted by molar-refractivity contribution is 5.85. The average Bonchev–Trinajstić information content (AvgIpc) is 2.06. The molecule has 4 heteroatoms. The number of aliphatic hydroxyl groups is 1. The maximum absolute atomic E-state index is 8.88. The van der Waals surface area contributed by atoms with Gasteiger partial charge in [0.15, 0.2) is 0 Å². The van der Waals surface area contributed by atoms with E-state index in [-0.39, 0.29) is 19.0 Å². The molecule has 0 radical (unpaired) electrons. The third kappa shape index (κ3) is 2.44. The summed E-state index contributed by atoms with van der Waals surface area (Å²) >= 11 is 0. The summed E-state index contributed by atoms with van der Waals surface area (Å²) in [6.07, 6.45) is 1.66. The van der Waals surface area contributed by atoms with Gasteiger partial charge in [-0.2, -0.15) is 0 Å². The monoisotopic (exact) mass is 188 g/mol. The molecule has 0 aliphatic rings. The lowest BCUT2D eigenvalue weighted by molar-refractivity contribution is 0.207. The van der Waals surface area contributed by atoms with Crippen molar-refractivity contribution in [1.29, 1.82) is 0 Å². The smallest absolute Gasteiger partial charge is 0.0789 e. The van der Waals surface area contributed by atoms with E-state index in [0.29, 0.717) is 5.69 Å². The van der Waals surface area contributed by atoms with Crippen LogP contribution in [-0.2, 0) is 5.54 Å². The number of pyridine rings is 1. The predicted octanol–water partition coefficient (Wildman–Crippen LogP) is 0.670. The quantitative estimate of drug-likeness (QED) is 0.718. The molecule has 1 unspecified atom stereocenters. The van der Waals surface area contributed by atoms with Crippen LogP contribution in [0.1, 0.15) is 12.6 Å². The minimum Gasteiger partial charge on any atom is -0.394 e. The zero-order valence-electron chi connectivity index (χ0n) is 6.90. The molecular weight excluding hydrogens is 176 g/mol. The molecule has 0 aromatic carbocycles. The number of hydrogen-bond donors (Lipinski definition) is 2. The molecule has 0 aliphatic heterocycles. The van der Waals surface area contributed by atoms with Crippen molar-refractivity contribution in [3.05, 3.63) is 30.1 Å². The largest absolute Gasteiger partial charge is 0.394 e. The van der Waals surface area contributed by atoms with Gasteiger partial charge in [0.05, 0.1) is 17.8 Å². The third-order valence-electron chi connectivity index (χ3n) is 1.58. The summed E-state index contributed by atoms with van der Waals surface area (Å²) in [5.41, 5.74) is 5.71. The van der Waals surface area contributed by atoms with E-state index in [0.717, 1.165) is 0 Å². The minimum atomic E-state index is -0.721. The van der Waals surface area contributed by atoms with Gasteiger partial charge < -0.3 is 10.8 Å². The van der Waals surface area contributed by atoms with Gasteiger partial charge in [-0.25, -0.2) is 0 Å². The van der Waals surface area contributed by atoms with Crippen LogP contribution in [0.2, 0.25) is 0 Å². The molecule has 0 saturated heterocycles. The number of rotatable bonds is 2. The Balaban J connectivity index is 0.00000121. The van der Waals surface area contributed by atoms with E-state index < -0.39 is 5.54 Å². The highest BCUT2D eigenvalue weighted by Gasteiger charge is 2.20. The van der Waals surface area contributed by atoms with Gasteiger partial charge in [-0.1, -0.05) is 6.07 Å². The minimum absolute atomic E-state index is 0. The summed E-state index contributed by atoms with van der Waals surface area (Å²) in [5, 5.41) is 8.88. The molecule has 0 bridgehead atoms. The fourth-order valence-corrected chi connectivity index (χ4v) is 0.782. The van der Waals surface area contributed by atoms with Crippen molar-refractivity contribution in [3.63, 3.8) is 0 Å². The van der Waals surface area contributed by atoms with Gasteiger partial charge in [-0.3, -0.25) is 4.98 Å². The first-order valence-electron chi connectivity index (χ1n) is 3.48. The Morgan fingerprint density at radius 3 is 2.67 bits per heavy atom. The topological polar surface area (TPSA) is 59.1 Å². The summed E-state index contributed by atoms with van der Waals surface area (Å²) in [5.74, 6) is 0. The number of aromatic nitrogens is 1. The standard InChI is InChI=1S/C8H12N2O.ClH/c1-8(9,6-11)7-4-2-3-5-10-7;/h2-5,11H,6,9H2,1H3;1H. The molecule has 68 valence electrons. The lowest BCUT2D eigenvalue weighted by atomic mass is 10.0. The van der Waals surface area contributed by atoms with E-state index in [1.54, 1.807) is 19.2 Å². The molecule has 0 amide bonds. The SMILES string of the molecule is CC(N)(CO)c1ccccn1.Cl. The van der Waals surface area contributed by atoms with Crippen molar-refractivity contribution in [2.24, 2.45) is 5.73 Å². The second-order valence-electron chi connectivity index (χ2n) is 2.79. The first-order chi connectivity index (χ1) is 5.17.